The van der Waals surface area contributed by atoms with Crippen LogP contribution in [0.15, 0.2) is 0 Å². The summed E-state index contributed by atoms with van der Waals surface area (Å²) >= 11 is 6.17. The summed E-state index contributed by atoms with van der Waals surface area (Å²) < 4.78 is 1.72. The van der Waals surface area contributed by atoms with Gasteiger partial charge in [-0.1, -0.05) is 38.3 Å². The fourth-order valence-electron chi connectivity index (χ4n) is 2.42. The van der Waals surface area contributed by atoms with E-state index in [1.54, 1.807) is 4.68 Å². The molecule has 4 nitrogen and oxygen atoms in total. The highest BCUT2D eigenvalue weighted by atomic mass is 35.5. The lowest BCUT2D eigenvalue weighted by atomic mass is 10.1. The van der Waals surface area contributed by atoms with Crippen LogP contribution in [-0.2, 0) is 0 Å². The molecular formula is C12H17ClN2O2. The van der Waals surface area contributed by atoms with Gasteiger partial charge in [-0.05, 0) is 18.8 Å². The van der Waals surface area contributed by atoms with Gasteiger partial charge in [-0.2, -0.15) is 5.10 Å². The van der Waals surface area contributed by atoms with Crippen molar-refractivity contribution in [2.24, 2.45) is 0 Å². The molecule has 17 heavy (non-hydrogen) atoms. The molecule has 1 aromatic heterocycles. The first kappa shape index (κ1) is 12.4. The first-order valence-electron chi connectivity index (χ1n) is 6.03. The van der Waals surface area contributed by atoms with Crippen LogP contribution in [0.25, 0.3) is 0 Å². The van der Waals surface area contributed by atoms with Gasteiger partial charge in [-0.3, -0.25) is 0 Å². The third-order valence-corrected chi connectivity index (χ3v) is 3.67. The second kappa shape index (κ2) is 4.69. The summed E-state index contributed by atoms with van der Waals surface area (Å²) in [7, 11) is 0. The van der Waals surface area contributed by atoms with Crippen LogP contribution in [0, 0.1) is 0 Å². The number of nitrogens with zero attached hydrogens (tertiary/aromatic N) is 2. The summed E-state index contributed by atoms with van der Waals surface area (Å²) in [5.41, 5.74) is 0.767. The van der Waals surface area contributed by atoms with E-state index in [4.69, 9.17) is 11.6 Å². The number of hydrogen-bond donors (Lipinski definition) is 1. The number of aromatic carboxylic acids is 1. The fraction of sp³-hybridized carbons (Fsp3) is 0.667. The lowest BCUT2D eigenvalue weighted by molar-refractivity contribution is 0.0695. The molecule has 0 atom stereocenters. The van der Waals surface area contributed by atoms with Gasteiger partial charge in [0, 0.05) is 0 Å². The van der Waals surface area contributed by atoms with Crippen molar-refractivity contribution in [2.75, 3.05) is 0 Å². The summed E-state index contributed by atoms with van der Waals surface area (Å²) in [6.07, 6.45) is 4.41. The van der Waals surface area contributed by atoms with Gasteiger partial charge >= 0.3 is 5.97 Å². The van der Waals surface area contributed by atoms with Gasteiger partial charge < -0.3 is 5.11 Å². The molecule has 0 spiro atoms. The van der Waals surface area contributed by atoms with E-state index >= 15 is 0 Å². The maximum absolute atomic E-state index is 11.2. The summed E-state index contributed by atoms with van der Waals surface area (Å²) in [6, 6.07) is 0.271. The third kappa shape index (κ3) is 2.18. The van der Waals surface area contributed by atoms with Gasteiger partial charge in [-0.15, -0.1) is 0 Å². The molecule has 1 fully saturated rings. The molecule has 0 saturated heterocycles. The maximum atomic E-state index is 11.2. The van der Waals surface area contributed by atoms with E-state index in [-0.39, 0.29) is 22.7 Å². The topological polar surface area (TPSA) is 55.1 Å². The number of rotatable bonds is 3. The maximum Gasteiger partial charge on any atom is 0.340 e. The molecule has 0 radical (unpaired) electrons. The largest absolute Gasteiger partial charge is 0.478 e. The highest BCUT2D eigenvalue weighted by Crippen LogP contribution is 2.35. The van der Waals surface area contributed by atoms with Gasteiger partial charge in [0.15, 0.2) is 0 Å². The lowest BCUT2D eigenvalue weighted by Gasteiger charge is -2.10. The van der Waals surface area contributed by atoms with Gasteiger partial charge in [-0.25, -0.2) is 9.48 Å². The van der Waals surface area contributed by atoms with Crippen molar-refractivity contribution in [3.63, 3.8) is 0 Å². The summed E-state index contributed by atoms with van der Waals surface area (Å²) in [4.78, 5) is 11.2. The van der Waals surface area contributed by atoms with E-state index in [2.05, 4.69) is 5.10 Å². The van der Waals surface area contributed by atoms with E-state index in [1.807, 2.05) is 13.8 Å². The zero-order valence-corrected chi connectivity index (χ0v) is 10.9. The van der Waals surface area contributed by atoms with E-state index in [0.717, 1.165) is 12.8 Å². The van der Waals surface area contributed by atoms with Crippen LogP contribution in [-0.4, -0.2) is 20.9 Å². The number of aromatic nitrogens is 2. The molecule has 0 aromatic carbocycles. The van der Waals surface area contributed by atoms with Crippen molar-refractivity contribution >= 4 is 17.6 Å². The first-order valence-corrected chi connectivity index (χ1v) is 6.41. The van der Waals surface area contributed by atoms with E-state index in [1.165, 1.54) is 12.8 Å². The molecule has 94 valence electrons. The van der Waals surface area contributed by atoms with Gasteiger partial charge in [0.25, 0.3) is 0 Å². The van der Waals surface area contributed by atoms with E-state index in [9.17, 15) is 9.90 Å². The van der Waals surface area contributed by atoms with Crippen molar-refractivity contribution < 1.29 is 9.90 Å². The van der Waals surface area contributed by atoms with Gasteiger partial charge in [0.05, 0.1) is 11.7 Å². The molecule has 1 saturated carbocycles. The van der Waals surface area contributed by atoms with Crippen LogP contribution >= 0.6 is 11.6 Å². The van der Waals surface area contributed by atoms with Crippen molar-refractivity contribution in [2.45, 2.75) is 51.5 Å². The average molecular weight is 257 g/mol. The number of halogens is 1. The predicted molar refractivity (Wildman–Crippen MR) is 65.8 cm³/mol. The van der Waals surface area contributed by atoms with Crippen LogP contribution < -0.4 is 0 Å². The lowest BCUT2D eigenvalue weighted by Crippen LogP contribution is -2.07. The van der Waals surface area contributed by atoms with Gasteiger partial charge in [0.2, 0.25) is 0 Å². The standard InChI is InChI=1S/C12H17ClN2O2/c1-7(2)10-9(12(16)17)11(13)15(14-10)8-5-3-4-6-8/h7-8H,3-6H2,1-2H3,(H,16,17). The molecule has 0 unspecified atom stereocenters. The Morgan fingerprint density at radius 3 is 2.47 bits per heavy atom. The van der Waals surface area contributed by atoms with Crippen LogP contribution in [0.1, 0.15) is 67.5 Å². The molecule has 1 aliphatic carbocycles. The smallest absolute Gasteiger partial charge is 0.340 e. The minimum atomic E-state index is -0.983. The minimum absolute atomic E-state index is 0.0706. The molecule has 0 aliphatic heterocycles. The summed E-state index contributed by atoms with van der Waals surface area (Å²) in [5.74, 6) is -0.913. The number of carboxylic acids is 1. The predicted octanol–water partition coefficient (Wildman–Crippen LogP) is 3.47. The highest BCUT2D eigenvalue weighted by molar-refractivity contribution is 6.32. The Balaban J connectivity index is 2.47. The fourth-order valence-corrected chi connectivity index (χ4v) is 2.78. The second-order valence-electron chi connectivity index (χ2n) is 4.89. The molecule has 1 aliphatic rings. The molecule has 1 N–H and O–H groups in total. The molecular weight excluding hydrogens is 240 g/mol. The van der Waals surface area contributed by atoms with Crippen LogP contribution in [0.3, 0.4) is 0 Å². The Morgan fingerprint density at radius 2 is 2.06 bits per heavy atom. The molecule has 1 heterocycles. The van der Waals surface area contributed by atoms with Gasteiger partial charge in [0.1, 0.15) is 10.7 Å². The summed E-state index contributed by atoms with van der Waals surface area (Å²) in [5, 5.41) is 13.9. The Bertz CT molecular complexity index is 434. The first-order chi connectivity index (χ1) is 8.02. The average Bonchev–Trinajstić information content (AvgIpc) is 2.83. The van der Waals surface area contributed by atoms with Crippen LogP contribution in [0.4, 0.5) is 0 Å². The quantitative estimate of drug-likeness (QED) is 0.901. The monoisotopic (exact) mass is 256 g/mol. The van der Waals surface area contributed by atoms with Crippen LogP contribution in [0.5, 0.6) is 0 Å². The normalized spacial score (nSPS) is 16.9. The Morgan fingerprint density at radius 1 is 1.47 bits per heavy atom. The molecule has 1 aromatic rings. The minimum Gasteiger partial charge on any atom is -0.478 e. The van der Waals surface area contributed by atoms with Crippen molar-refractivity contribution in [1.82, 2.24) is 9.78 Å². The third-order valence-electron chi connectivity index (χ3n) is 3.31. The Labute approximate surface area is 106 Å². The number of carboxylic acid groups (broad SMARTS) is 1. The van der Waals surface area contributed by atoms with Crippen molar-refractivity contribution in [1.29, 1.82) is 0 Å². The molecule has 2 rings (SSSR count). The second-order valence-corrected chi connectivity index (χ2v) is 5.25. The van der Waals surface area contributed by atoms with Crippen molar-refractivity contribution in [3.05, 3.63) is 16.4 Å². The Hall–Kier alpha value is -1.03. The number of carbonyl (C=O) groups is 1. The molecule has 0 bridgehead atoms. The highest BCUT2D eigenvalue weighted by Gasteiger charge is 2.28. The SMILES string of the molecule is CC(C)c1nn(C2CCCC2)c(Cl)c1C(=O)O. The summed E-state index contributed by atoms with van der Waals surface area (Å²) in [6.45, 7) is 3.87. The molecule has 5 heteroatoms. The van der Waals surface area contributed by atoms with Crippen molar-refractivity contribution in [3.8, 4) is 0 Å². The molecule has 0 amide bonds. The zero-order valence-electron chi connectivity index (χ0n) is 10.1. The van der Waals surface area contributed by atoms with E-state index in [0.29, 0.717) is 5.69 Å². The number of hydrogen-bond acceptors (Lipinski definition) is 2. The van der Waals surface area contributed by atoms with E-state index < -0.39 is 5.97 Å². The Kier molecular flexibility index (Phi) is 3.43. The van der Waals surface area contributed by atoms with Crippen LogP contribution in [0.2, 0.25) is 5.15 Å². The zero-order chi connectivity index (χ0) is 12.6.